The van der Waals surface area contributed by atoms with Crippen LogP contribution < -0.4 is 5.32 Å². The predicted molar refractivity (Wildman–Crippen MR) is 72.5 cm³/mol. The van der Waals surface area contributed by atoms with Crippen LogP contribution in [0.5, 0.6) is 0 Å². The average Bonchev–Trinajstić information content (AvgIpc) is 2.84. The summed E-state index contributed by atoms with van der Waals surface area (Å²) in [7, 11) is 0. The van der Waals surface area contributed by atoms with E-state index in [1.165, 1.54) is 0 Å². The Balaban J connectivity index is 1.87. The minimum Gasteiger partial charge on any atom is -0.350 e. The molecule has 0 saturated heterocycles. The number of aryl methyl sites for hydroxylation is 1. The number of aromatic nitrogens is 4. The number of rotatable bonds is 5. The highest BCUT2D eigenvalue weighted by Gasteiger charge is 2.00. The maximum atomic E-state index is 5.81. The molecule has 1 N–H and O–H groups in total. The molecular formula is C12H14ClN5. The van der Waals surface area contributed by atoms with E-state index in [0.717, 1.165) is 17.1 Å². The van der Waals surface area contributed by atoms with Crippen molar-refractivity contribution in [2.75, 3.05) is 11.9 Å². The fraction of sp³-hybridized carbons (Fsp3) is 0.250. The zero-order valence-corrected chi connectivity index (χ0v) is 10.8. The van der Waals surface area contributed by atoms with Gasteiger partial charge in [0.2, 0.25) is 5.95 Å². The Kier molecular flexibility index (Phi) is 4.30. The maximum Gasteiger partial charge on any atom is 0.243 e. The highest BCUT2D eigenvalue weighted by molar-refractivity contribution is 6.30. The number of hydrogen-bond acceptors (Lipinski definition) is 4. The molecule has 5 nitrogen and oxygen atoms in total. The lowest BCUT2D eigenvalue weighted by atomic mass is 10.2. The topological polar surface area (TPSA) is 55.6 Å². The van der Waals surface area contributed by atoms with Crippen LogP contribution in [0, 0.1) is 0 Å². The molecule has 0 aliphatic rings. The summed E-state index contributed by atoms with van der Waals surface area (Å²) in [5.41, 5.74) is 1.11. The Bertz CT molecular complexity index is 518. The van der Waals surface area contributed by atoms with Crippen molar-refractivity contribution >= 4 is 23.6 Å². The van der Waals surface area contributed by atoms with Gasteiger partial charge in [0.15, 0.2) is 0 Å². The molecule has 0 aliphatic heterocycles. The highest BCUT2D eigenvalue weighted by atomic mass is 35.5. The fourth-order valence-electron chi connectivity index (χ4n) is 1.46. The van der Waals surface area contributed by atoms with Crippen LogP contribution in [0.25, 0.3) is 6.08 Å². The summed E-state index contributed by atoms with van der Waals surface area (Å²) in [5, 5.41) is 15.2. The van der Waals surface area contributed by atoms with Crippen LogP contribution in [-0.2, 0) is 6.54 Å². The largest absolute Gasteiger partial charge is 0.350 e. The highest BCUT2D eigenvalue weighted by Crippen LogP contribution is 2.10. The molecule has 1 heterocycles. The molecule has 2 rings (SSSR count). The average molecular weight is 264 g/mol. The van der Waals surface area contributed by atoms with E-state index in [0.29, 0.717) is 12.5 Å². The molecule has 6 heteroatoms. The first-order valence-electron chi connectivity index (χ1n) is 5.71. The lowest BCUT2D eigenvalue weighted by Crippen LogP contribution is -2.07. The minimum atomic E-state index is 0.670. The van der Waals surface area contributed by atoms with Gasteiger partial charge in [-0.3, -0.25) is 0 Å². The molecule has 0 radical (unpaired) electrons. The first-order chi connectivity index (χ1) is 8.79. The smallest absolute Gasteiger partial charge is 0.243 e. The second-order valence-corrected chi connectivity index (χ2v) is 4.09. The Morgan fingerprint density at radius 2 is 2.11 bits per heavy atom. The number of nitrogens with zero attached hydrogens (tertiary/aromatic N) is 4. The maximum absolute atomic E-state index is 5.81. The van der Waals surface area contributed by atoms with E-state index in [4.69, 9.17) is 11.6 Å². The summed E-state index contributed by atoms with van der Waals surface area (Å²) >= 11 is 5.81. The molecule has 0 saturated carbocycles. The van der Waals surface area contributed by atoms with Gasteiger partial charge in [-0.1, -0.05) is 41.0 Å². The summed E-state index contributed by atoms with van der Waals surface area (Å²) in [4.78, 5) is 0. The number of halogens is 1. The molecule has 1 aromatic heterocycles. The molecule has 0 spiro atoms. The molecule has 1 aromatic carbocycles. The zero-order chi connectivity index (χ0) is 12.8. The van der Waals surface area contributed by atoms with Crippen molar-refractivity contribution in [3.63, 3.8) is 0 Å². The van der Waals surface area contributed by atoms with Crippen molar-refractivity contribution in [1.29, 1.82) is 0 Å². The van der Waals surface area contributed by atoms with Crippen molar-refractivity contribution < 1.29 is 0 Å². The molecule has 0 fully saturated rings. The van der Waals surface area contributed by atoms with Crippen LogP contribution in [0.3, 0.4) is 0 Å². The van der Waals surface area contributed by atoms with Gasteiger partial charge >= 0.3 is 0 Å². The van der Waals surface area contributed by atoms with E-state index < -0.39 is 0 Å². The van der Waals surface area contributed by atoms with Gasteiger partial charge in [0.1, 0.15) is 0 Å². The molecule has 18 heavy (non-hydrogen) atoms. The monoisotopic (exact) mass is 263 g/mol. The summed E-state index contributed by atoms with van der Waals surface area (Å²) in [6, 6.07) is 7.67. The third kappa shape index (κ3) is 3.30. The van der Waals surface area contributed by atoms with Crippen LogP contribution in [0.1, 0.15) is 12.5 Å². The number of nitrogens with one attached hydrogen (secondary N) is 1. The third-order valence-electron chi connectivity index (χ3n) is 2.39. The second kappa shape index (κ2) is 6.16. The van der Waals surface area contributed by atoms with E-state index in [-0.39, 0.29) is 0 Å². The predicted octanol–water partition coefficient (Wildman–Crippen LogP) is 2.47. The molecule has 0 unspecified atom stereocenters. The van der Waals surface area contributed by atoms with Crippen molar-refractivity contribution in [3.05, 3.63) is 40.9 Å². The van der Waals surface area contributed by atoms with Gasteiger partial charge in [-0.05, 0) is 35.0 Å². The van der Waals surface area contributed by atoms with Crippen molar-refractivity contribution in [3.8, 4) is 0 Å². The van der Waals surface area contributed by atoms with E-state index in [9.17, 15) is 0 Å². The number of benzene rings is 1. The van der Waals surface area contributed by atoms with Gasteiger partial charge in [-0.2, -0.15) is 0 Å². The Labute approximate surface area is 110 Å². The molecule has 0 aliphatic carbocycles. The molecular weight excluding hydrogens is 250 g/mol. The quantitative estimate of drug-likeness (QED) is 0.900. The summed E-state index contributed by atoms with van der Waals surface area (Å²) < 4.78 is 1.70. The summed E-state index contributed by atoms with van der Waals surface area (Å²) in [6.07, 6.45) is 4.03. The summed E-state index contributed by atoms with van der Waals surface area (Å²) in [6.45, 7) is 3.41. The molecule has 0 atom stereocenters. The molecule has 0 amide bonds. The number of anilines is 1. The van der Waals surface area contributed by atoms with Crippen molar-refractivity contribution in [1.82, 2.24) is 20.2 Å². The van der Waals surface area contributed by atoms with Gasteiger partial charge < -0.3 is 5.32 Å². The van der Waals surface area contributed by atoms with Crippen LogP contribution in [0.2, 0.25) is 5.02 Å². The normalized spacial score (nSPS) is 11.0. The standard InChI is InChI=1S/C12H14ClN5/c1-2-18-12(15-16-17-18)14-9-3-4-10-5-7-11(13)8-6-10/h3-8H,2,9H2,1H3,(H,14,15,17)/b4-3+. The van der Waals surface area contributed by atoms with Gasteiger partial charge in [0, 0.05) is 18.1 Å². The van der Waals surface area contributed by atoms with E-state index >= 15 is 0 Å². The van der Waals surface area contributed by atoms with E-state index in [2.05, 4.69) is 20.8 Å². The Morgan fingerprint density at radius 3 is 2.83 bits per heavy atom. The first-order valence-corrected chi connectivity index (χ1v) is 6.09. The van der Waals surface area contributed by atoms with E-state index in [1.54, 1.807) is 4.68 Å². The first kappa shape index (κ1) is 12.6. The van der Waals surface area contributed by atoms with Gasteiger partial charge in [-0.25, -0.2) is 4.68 Å². The number of hydrogen-bond donors (Lipinski definition) is 1. The van der Waals surface area contributed by atoms with Crippen molar-refractivity contribution in [2.45, 2.75) is 13.5 Å². The lowest BCUT2D eigenvalue weighted by Gasteiger charge is -2.01. The Morgan fingerprint density at radius 1 is 1.33 bits per heavy atom. The Hall–Kier alpha value is -1.88. The summed E-state index contributed by atoms with van der Waals surface area (Å²) in [5.74, 6) is 0.679. The third-order valence-corrected chi connectivity index (χ3v) is 2.64. The zero-order valence-electron chi connectivity index (χ0n) is 10.0. The minimum absolute atomic E-state index is 0.670. The van der Waals surface area contributed by atoms with Crippen LogP contribution in [0.4, 0.5) is 5.95 Å². The SMILES string of the molecule is CCn1nnnc1NC/C=C/c1ccc(Cl)cc1. The van der Waals surface area contributed by atoms with Gasteiger partial charge in [0.25, 0.3) is 0 Å². The molecule has 94 valence electrons. The second-order valence-electron chi connectivity index (χ2n) is 3.65. The molecule has 0 bridgehead atoms. The van der Waals surface area contributed by atoms with Gasteiger partial charge in [0.05, 0.1) is 0 Å². The number of tetrazole rings is 1. The fourth-order valence-corrected chi connectivity index (χ4v) is 1.59. The van der Waals surface area contributed by atoms with Crippen LogP contribution in [-0.4, -0.2) is 26.8 Å². The van der Waals surface area contributed by atoms with Crippen molar-refractivity contribution in [2.24, 2.45) is 0 Å². The van der Waals surface area contributed by atoms with Crippen LogP contribution in [0.15, 0.2) is 30.3 Å². The molecule has 2 aromatic rings. The van der Waals surface area contributed by atoms with Crippen LogP contribution >= 0.6 is 11.6 Å². The lowest BCUT2D eigenvalue weighted by molar-refractivity contribution is 0.630. The van der Waals surface area contributed by atoms with Gasteiger partial charge in [-0.15, -0.1) is 0 Å². The van der Waals surface area contributed by atoms with E-state index in [1.807, 2.05) is 43.3 Å².